The molecule has 3 aromatic rings. The Bertz CT molecular complexity index is 874. The first-order chi connectivity index (χ1) is 12.2. The lowest BCUT2D eigenvalue weighted by atomic mass is 9.93. The first-order valence-corrected chi connectivity index (χ1v) is 8.36. The SMILES string of the molecule is O[C@H]1CC[C@H](Nc2ncc3nc(Nc4ccccc4F)[nH]c3n2)CC1. The molecule has 7 nitrogen and oxygen atoms in total. The van der Waals surface area contributed by atoms with Crippen molar-refractivity contribution in [1.29, 1.82) is 0 Å². The van der Waals surface area contributed by atoms with Gasteiger partial charge in [0.15, 0.2) is 5.65 Å². The number of fused-ring (bicyclic) bond motifs is 1. The van der Waals surface area contributed by atoms with Gasteiger partial charge in [0.25, 0.3) is 0 Å². The van der Waals surface area contributed by atoms with E-state index in [1.165, 1.54) is 6.07 Å². The van der Waals surface area contributed by atoms with Gasteiger partial charge in [-0.15, -0.1) is 0 Å². The Kier molecular flexibility index (Phi) is 4.19. The predicted molar refractivity (Wildman–Crippen MR) is 93.3 cm³/mol. The molecule has 0 radical (unpaired) electrons. The molecule has 25 heavy (non-hydrogen) atoms. The molecule has 1 saturated carbocycles. The van der Waals surface area contributed by atoms with E-state index in [9.17, 15) is 9.50 Å². The zero-order valence-electron chi connectivity index (χ0n) is 13.5. The number of H-pyrrole nitrogens is 1. The van der Waals surface area contributed by atoms with E-state index in [4.69, 9.17) is 0 Å². The fourth-order valence-electron chi connectivity index (χ4n) is 3.03. The summed E-state index contributed by atoms with van der Waals surface area (Å²) in [6.07, 6.45) is 4.81. The number of nitrogens with one attached hydrogen (secondary N) is 3. The van der Waals surface area contributed by atoms with Crippen molar-refractivity contribution in [2.45, 2.75) is 37.8 Å². The minimum atomic E-state index is -0.351. The van der Waals surface area contributed by atoms with Crippen molar-refractivity contribution in [2.75, 3.05) is 10.6 Å². The smallest absolute Gasteiger partial charge is 0.224 e. The number of benzene rings is 1. The van der Waals surface area contributed by atoms with Gasteiger partial charge in [-0.3, -0.25) is 0 Å². The maximum atomic E-state index is 13.7. The van der Waals surface area contributed by atoms with E-state index >= 15 is 0 Å². The average Bonchev–Trinajstić information content (AvgIpc) is 3.01. The molecule has 4 N–H and O–H groups in total. The molecule has 1 aliphatic carbocycles. The second-order valence-electron chi connectivity index (χ2n) is 6.27. The van der Waals surface area contributed by atoms with Crippen molar-refractivity contribution >= 4 is 28.7 Å². The van der Waals surface area contributed by atoms with Crippen molar-refractivity contribution in [3.8, 4) is 0 Å². The lowest BCUT2D eigenvalue weighted by Crippen LogP contribution is -2.28. The van der Waals surface area contributed by atoms with Crippen LogP contribution in [0.15, 0.2) is 30.5 Å². The molecule has 8 heteroatoms. The molecule has 0 aliphatic heterocycles. The number of hydrogen-bond donors (Lipinski definition) is 4. The van der Waals surface area contributed by atoms with Crippen LogP contribution in [0, 0.1) is 5.82 Å². The molecule has 2 heterocycles. The van der Waals surface area contributed by atoms with Gasteiger partial charge in [0.2, 0.25) is 11.9 Å². The van der Waals surface area contributed by atoms with Gasteiger partial charge in [0, 0.05) is 6.04 Å². The maximum Gasteiger partial charge on any atom is 0.224 e. The van der Waals surface area contributed by atoms with Crippen LogP contribution in [0.3, 0.4) is 0 Å². The van der Waals surface area contributed by atoms with Crippen LogP contribution in [-0.4, -0.2) is 37.2 Å². The highest BCUT2D eigenvalue weighted by Crippen LogP contribution is 2.22. The molecule has 0 saturated heterocycles. The fourth-order valence-corrected chi connectivity index (χ4v) is 3.03. The maximum absolute atomic E-state index is 13.7. The van der Waals surface area contributed by atoms with Gasteiger partial charge in [-0.2, -0.15) is 4.98 Å². The lowest BCUT2D eigenvalue weighted by Gasteiger charge is -2.25. The van der Waals surface area contributed by atoms with Crippen LogP contribution in [0.4, 0.5) is 22.0 Å². The molecule has 0 unspecified atom stereocenters. The van der Waals surface area contributed by atoms with Gasteiger partial charge in [-0.25, -0.2) is 14.4 Å². The number of aromatic amines is 1. The third-order valence-electron chi connectivity index (χ3n) is 4.40. The quantitative estimate of drug-likeness (QED) is 0.582. The number of aliphatic hydroxyl groups excluding tert-OH is 1. The Hall–Kier alpha value is -2.74. The van der Waals surface area contributed by atoms with Gasteiger partial charge < -0.3 is 20.7 Å². The number of hydrogen-bond acceptors (Lipinski definition) is 6. The normalized spacial score (nSPS) is 20.6. The Labute approximate surface area is 143 Å². The van der Waals surface area contributed by atoms with Crippen LogP contribution < -0.4 is 10.6 Å². The highest BCUT2D eigenvalue weighted by molar-refractivity contribution is 5.74. The highest BCUT2D eigenvalue weighted by atomic mass is 19.1. The number of nitrogens with zero attached hydrogens (tertiary/aromatic N) is 3. The third-order valence-corrected chi connectivity index (χ3v) is 4.40. The second kappa shape index (κ2) is 6.64. The van der Waals surface area contributed by atoms with Crippen LogP contribution in [0.1, 0.15) is 25.7 Å². The molecule has 0 amide bonds. The Balaban J connectivity index is 1.50. The molecule has 0 atom stereocenters. The monoisotopic (exact) mass is 342 g/mol. The Morgan fingerprint density at radius 1 is 1.12 bits per heavy atom. The summed E-state index contributed by atoms with van der Waals surface area (Å²) in [5, 5.41) is 15.8. The van der Waals surface area contributed by atoms with Crippen molar-refractivity contribution < 1.29 is 9.50 Å². The third kappa shape index (κ3) is 3.53. The van der Waals surface area contributed by atoms with Crippen LogP contribution in [0.2, 0.25) is 0 Å². The first-order valence-electron chi connectivity index (χ1n) is 8.36. The number of para-hydroxylation sites is 1. The molecule has 0 spiro atoms. The van der Waals surface area contributed by atoms with E-state index in [1.54, 1.807) is 24.4 Å². The Morgan fingerprint density at radius 3 is 2.72 bits per heavy atom. The van der Waals surface area contributed by atoms with Gasteiger partial charge in [-0.05, 0) is 37.8 Å². The molecule has 1 fully saturated rings. The summed E-state index contributed by atoms with van der Waals surface area (Å²) < 4.78 is 13.7. The van der Waals surface area contributed by atoms with Crippen LogP contribution in [0.25, 0.3) is 11.2 Å². The minimum Gasteiger partial charge on any atom is -0.393 e. The van der Waals surface area contributed by atoms with E-state index in [2.05, 4.69) is 30.6 Å². The number of aromatic nitrogens is 4. The summed E-state index contributed by atoms with van der Waals surface area (Å²) >= 11 is 0. The number of rotatable bonds is 4. The van der Waals surface area contributed by atoms with Crippen molar-refractivity contribution in [1.82, 2.24) is 19.9 Å². The zero-order valence-corrected chi connectivity index (χ0v) is 13.5. The number of anilines is 3. The molecule has 4 rings (SSSR count). The van der Waals surface area contributed by atoms with E-state index in [0.717, 1.165) is 25.7 Å². The van der Waals surface area contributed by atoms with E-state index < -0.39 is 0 Å². The largest absolute Gasteiger partial charge is 0.393 e. The first kappa shape index (κ1) is 15.8. The van der Waals surface area contributed by atoms with Crippen LogP contribution in [-0.2, 0) is 0 Å². The fraction of sp³-hybridized carbons (Fsp3) is 0.353. The molecular weight excluding hydrogens is 323 g/mol. The van der Waals surface area contributed by atoms with E-state index in [1.807, 2.05) is 0 Å². The summed E-state index contributed by atoms with van der Waals surface area (Å²) in [4.78, 5) is 16.1. The van der Waals surface area contributed by atoms with E-state index in [0.29, 0.717) is 28.7 Å². The minimum absolute atomic E-state index is 0.193. The molecule has 1 aliphatic rings. The average molecular weight is 342 g/mol. The predicted octanol–water partition coefficient (Wildman–Crippen LogP) is 2.95. The van der Waals surface area contributed by atoms with Crippen molar-refractivity contribution in [3.05, 3.63) is 36.3 Å². The van der Waals surface area contributed by atoms with Crippen LogP contribution >= 0.6 is 0 Å². The standard InChI is InChI=1S/C17H19FN6O/c18-12-3-1-2-4-13(12)21-17-22-14-9-19-16(23-15(14)24-17)20-10-5-7-11(25)8-6-10/h1-4,9-11,25H,5-8H2,(H3,19,20,21,22,23,24)/t10-,11-. The molecule has 130 valence electrons. The van der Waals surface area contributed by atoms with Gasteiger partial charge >= 0.3 is 0 Å². The number of halogens is 1. The summed E-state index contributed by atoms with van der Waals surface area (Å²) in [5.41, 5.74) is 1.52. The summed E-state index contributed by atoms with van der Waals surface area (Å²) in [6, 6.07) is 6.66. The molecular formula is C17H19FN6O. The van der Waals surface area contributed by atoms with Gasteiger partial charge in [0.1, 0.15) is 11.3 Å². The summed E-state index contributed by atoms with van der Waals surface area (Å²) in [5.74, 6) is 0.582. The summed E-state index contributed by atoms with van der Waals surface area (Å²) in [6.45, 7) is 0. The number of aliphatic hydroxyl groups is 1. The second-order valence-corrected chi connectivity index (χ2v) is 6.27. The lowest BCUT2D eigenvalue weighted by molar-refractivity contribution is 0.126. The Morgan fingerprint density at radius 2 is 1.92 bits per heavy atom. The zero-order chi connectivity index (χ0) is 17.2. The van der Waals surface area contributed by atoms with Gasteiger partial charge in [0.05, 0.1) is 18.0 Å². The number of imidazole rings is 1. The molecule has 0 bridgehead atoms. The summed E-state index contributed by atoms with van der Waals surface area (Å²) in [7, 11) is 0. The molecule has 2 aromatic heterocycles. The topological polar surface area (TPSA) is 98.7 Å². The molecule has 1 aromatic carbocycles. The van der Waals surface area contributed by atoms with Gasteiger partial charge in [-0.1, -0.05) is 12.1 Å². The van der Waals surface area contributed by atoms with Crippen LogP contribution in [0.5, 0.6) is 0 Å². The van der Waals surface area contributed by atoms with Crippen molar-refractivity contribution in [3.63, 3.8) is 0 Å². The van der Waals surface area contributed by atoms with Crippen molar-refractivity contribution in [2.24, 2.45) is 0 Å². The van der Waals surface area contributed by atoms with E-state index in [-0.39, 0.29) is 18.0 Å². The highest BCUT2D eigenvalue weighted by Gasteiger charge is 2.20.